The molecule has 5 nitrogen and oxygen atoms in total. The minimum Gasteiger partial charge on any atom is -0.497 e. The van der Waals surface area contributed by atoms with Gasteiger partial charge in [-0.1, -0.05) is 58.0 Å². The van der Waals surface area contributed by atoms with Gasteiger partial charge >= 0.3 is 5.97 Å². The summed E-state index contributed by atoms with van der Waals surface area (Å²) in [6.45, 7) is 0.780. The molecule has 3 heterocycles. The number of anilines is 2. The van der Waals surface area contributed by atoms with Crippen molar-refractivity contribution >= 4 is 75.3 Å². The summed E-state index contributed by atoms with van der Waals surface area (Å²) in [5.41, 5.74) is 3.18. The van der Waals surface area contributed by atoms with E-state index in [4.69, 9.17) is 72.2 Å². The molecule has 39 heavy (non-hydrogen) atoms. The number of ether oxygens (including phenoxy) is 3. The molecule has 0 aliphatic carbocycles. The largest absolute Gasteiger partial charge is 0.497 e. The Labute approximate surface area is 248 Å². The predicted octanol–water partition coefficient (Wildman–Crippen LogP) is 9.22. The molecule has 0 aromatic heterocycles. The number of methoxy groups -OCH3 is 1. The van der Waals surface area contributed by atoms with Crippen molar-refractivity contribution in [1.29, 1.82) is 0 Å². The van der Waals surface area contributed by atoms with E-state index in [1.807, 2.05) is 36.4 Å². The predicted molar refractivity (Wildman–Crippen MR) is 153 cm³/mol. The molecule has 4 aromatic rings. The third kappa shape index (κ3) is 3.44. The second-order valence-corrected chi connectivity index (χ2v) is 11.3. The van der Waals surface area contributed by atoms with Crippen molar-refractivity contribution in [3.8, 4) is 17.2 Å². The minimum absolute atomic E-state index is 0.0145. The third-order valence-electron chi connectivity index (χ3n) is 7.45. The maximum absolute atomic E-state index is 13.4. The van der Waals surface area contributed by atoms with Gasteiger partial charge in [-0.15, -0.1) is 0 Å². The fraction of sp³-hybridized carbons (Fsp3) is 0.138. The second-order valence-electron chi connectivity index (χ2n) is 9.40. The lowest BCUT2D eigenvalue weighted by Crippen LogP contribution is -2.33. The first-order chi connectivity index (χ1) is 18.7. The maximum Gasteiger partial charge on any atom is 0.341 e. The average molecular weight is 620 g/mol. The smallest absolute Gasteiger partial charge is 0.341 e. The number of carbonyl (C=O) groups is 1. The van der Waals surface area contributed by atoms with Crippen LogP contribution in [0, 0.1) is 0 Å². The van der Waals surface area contributed by atoms with Crippen LogP contribution in [-0.4, -0.2) is 19.6 Å². The average Bonchev–Trinajstić information content (AvgIpc) is 3.49. The topological polar surface area (TPSA) is 48.0 Å². The van der Waals surface area contributed by atoms with Gasteiger partial charge < -0.3 is 19.1 Å². The zero-order valence-corrected chi connectivity index (χ0v) is 23.9. The number of fused-ring (bicyclic) bond motifs is 7. The number of esters is 1. The molecule has 0 fully saturated rings. The van der Waals surface area contributed by atoms with Crippen molar-refractivity contribution in [3.05, 3.63) is 108 Å². The van der Waals surface area contributed by atoms with Crippen molar-refractivity contribution < 1.29 is 19.0 Å². The molecule has 3 aliphatic rings. The standard InChI is InChI=1S/C29H16Cl5NO4/c1-37-16-4-7-19-13(10-16)8-9-35(19)15-3-6-18-21(12-15)38-20-11-14(30)2-5-17(20)29(18)23-22(28(36)39-29)24(31)26(33)27(34)25(23)32/h2-7,10-12H,8-9H2,1H3. The van der Waals surface area contributed by atoms with Crippen LogP contribution in [0.2, 0.25) is 25.1 Å². The number of nitrogens with zero attached hydrogens (tertiary/aromatic N) is 1. The van der Waals surface area contributed by atoms with Crippen molar-refractivity contribution in [3.63, 3.8) is 0 Å². The number of halogens is 5. The number of rotatable bonds is 2. The van der Waals surface area contributed by atoms with E-state index in [0.717, 1.165) is 30.1 Å². The van der Waals surface area contributed by atoms with E-state index < -0.39 is 11.6 Å². The fourth-order valence-electron chi connectivity index (χ4n) is 5.74. The summed E-state index contributed by atoms with van der Waals surface area (Å²) in [4.78, 5) is 15.6. The highest BCUT2D eigenvalue weighted by Crippen LogP contribution is 2.61. The number of hydrogen-bond donors (Lipinski definition) is 0. The van der Waals surface area contributed by atoms with Gasteiger partial charge in [0, 0.05) is 45.7 Å². The molecule has 10 heteroatoms. The van der Waals surface area contributed by atoms with Crippen LogP contribution in [0.25, 0.3) is 0 Å². The monoisotopic (exact) mass is 617 g/mol. The Morgan fingerprint density at radius 1 is 0.846 bits per heavy atom. The van der Waals surface area contributed by atoms with Gasteiger partial charge in [-0.2, -0.15) is 0 Å². The molecule has 0 saturated carbocycles. The van der Waals surface area contributed by atoms with Crippen LogP contribution in [0.1, 0.15) is 32.6 Å². The van der Waals surface area contributed by atoms with Gasteiger partial charge in [0.1, 0.15) is 17.2 Å². The molecule has 1 spiro atoms. The lowest BCUT2D eigenvalue weighted by Gasteiger charge is -2.37. The third-order valence-corrected chi connectivity index (χ3v) is 9.49. The van der Waals surface area contributed by atoms with E-state index >= 15 is 0 Å². The van der Waals surface area contributed by atoms with Crippen LogP contribution in [-0.2, 0) is 16.8 Å². The van der Waals surface area contributed by atoms with Crippen LogP contribution in [0.5, 0.6) is 17.2 Å². The summed E-state index contributed by atoms with van der Waals surface area (Å²) >= 11 is 32.5. The van der Waals surface area contributed by atoms with Crippen LogP contribution < -0.4 is 14.4 Å². The highest BCUT2D eigenvalue weighted by molar-refractivity contribution is 6.53. The molecule has 0 amide bonds. The lowest BCUT2D eigenvalue weighted by atomic mass is 9.77. The Morgan fingerprint density at radius 3 is 2.33 bits per heavy atom. The summed E-state index contributed by atoms with van der Waals surface area (Å²) in [6, 6.07) is 16.9. The lowest BCUT2D eigenvalue weighted by molar-refractivity contribution is 0.0225. The first-order valence-electron chi connectivity index (χ1n) is 11.9. The van der Waals surface area contributed by atoms with E-state index in [0.29, 0.717) is 33.2 Å². The van der Waals surface area contributed by atoms with Gasteiger partial charge in [-0.25, -0.2) is 4.79 Å². The Balaban J connectivity index is 1.46. The van der Waals surface area contributed by atoms with Crippen molar-refractivity contribution in [2.24, 2.45) is 0 Å². The summed E-state index contributed by atoms with van der Waals surface area (Å²) in [7, 11) is 1.66. The van der Waals surface area contributed by atoms with Crippen LogP contribution in [0.3, 0.4) is 0 Å². The molecule has 1 unspecified atom stereocenters. The van der Waals surface area contributed by atoms with Gasteiger partial charge in [0.25, 0.3) is 0 Å². The first-order valence-corrected chi connectivity index (χ1v) is 13.8. The molecule has 0 N–H and O–H groups in total. The Morgan fingerprint density at radius 2 is 1.56 bits per heavy atom. The Kier molecular flexibility index (Phi) is 5.72. The van der Waals surface area contributed by atoms with Crippen LogP contribution in [0.15, 0.2) is 54.6 Å². The fourth-order valence-corrected chi connectivity index (χ4v) is 6.96. The minimum atomic E-state index is -1.48. The molecular weight excluding hydrogens is 604 g/mol. The summed E-state index contributed by atoms with van der Waals surface area (Å²) < 4.78 is 18.0. The van der Waals surface area contributed by atoms with Crippen molar-refractivity contribution in [1.82, 2.24) is 0 Å². The van der Waals surface area contributed by atoms with E-state index in [9.17, 15) is 4.79 Å². The highest BCUT2D eigenvalue weighted by atomic mass is 35.5. The van der Waals surface area contributed by atoms with Gasteiger partial charge in [0.05, 0.1) is 32.8 Å². The molecule has 3 aliphatic heterocycles. The van der Waals surface area contributed by atoms with Gasteiger partial charge in [0.2, 0.25) is 0 Å². The Hall–Kier alpha value is -2.80. The quantitative estimate of drug-likeness (QED) is 0.127. The zero-order valence-electron chi connectivity index (χ0n) is 20.1. The normalized spacial score (nSPS) is 18.3. The zero-order chi connectivity index (χ0) is 27.2. The van der Waals surface area contributed by atoms with Crippen molar-refractivity contribution in [2.45, 2.75) is 12.0 Å². The van der Waals surface area contributed by atoms with Crippen LogP contribution in [0.4, 0.5) is 11.4 Å². The second kappa shape index (κ2) is 8.85. The van der Waals surface area contributed by atoms with Gasteiger partial charge in [0.15, 0.2) is 5.60 Å². The van der Waals surface area contributed by atoms with Crippen LogP contribution >= 0.6 is 58.0 Å². The molecule has 0 saturated heterocycles. The van der Waals surface area contributed by atoms with E-state index in [1.165, 1.54) is 5.56 Å². The molecule has 4 aromatic carbocycles. The first kappa shape index (κ1) is 25.2. The molecule has 196 valence electrons. The Bertz CT molecular complexity index is 1760. The highest BCUT2D eigenvalue weighted by Gasteiger charge is 2.56. The molecule has 0 bridgehead atoms. The molecule has 1 atom stereocenters. The van der Waals surface area contributed by atoms with Crippen molar-refractivity contribution in [2.75, 3.05) is 18.6 Å². The molecule has 7 rings (SSSR count). The van der Waals surface area contributed by atoms with E-state index in [1.54, 1.807) is 25.3 Å². The van der Waals surface area contributed by atoms with E-state index in [2.05, 4.69) is 4.90 Å². The van der Waals surface area contributed by atoms with Gasteiger partial charge in [-0.05, 0) is 60.5 Å². The molecule has 0 radical (unpaired) electrons. The maximum atomic E-state index is 13.4. The number of carbonyl (C=O) groups excluding carboxylic acids is 1. The summed E-state index contributed by atoms with van der Waals surface area (Å²) in [5.74, 6) is 1.03. The van der Waals surface area contributed by atoms with E-state index in [-0.39, 0.29) is 25.7 Å². The summed E-state index contributed by atoms with van der Waals surface area (Å²) in [5, 5.41) is 0.525. The van der Waals surface area contributed by atoms with Gasteiger partial charge in [-0.3, -0.25) is 0 Å². The molecular formula is C29H16Cl5NO4. The number of hydrogen-bond acceptors (Lipinski definition) is 5. The number of benzene rings is 4. The summed E-state index contributed by atoms with van der Waals surface area (Å²) in [6.07, 6.45) is 0.866. The SMILES string of the molecule is COc1ccc2c(c1)CCN2c1ccc2c(c1)Oc1cc(Cl)ccc1C21OC(=O)c2c(Cl)c(Cl)c(Cl)c(Cl)c21.